The zero-order chi connectivity index (χ0) is 24.6. The molecule has 2 aliphatic heterocycles. The molecule has 0 bridgehead atoms. The van der Waals surface area contributed by atoms with Gasteiger partial charge in [0.2, 0.25) is 5.95 Å². The molecule has 1 unspecified atom stereocenters. The van der Waals surface area contributed by atoms with Crippen molar-refractivity contribution in [3.63, 3.8) is 0 Å². The monoisotopic (exact) mass is 507 g/mol. The quantitative estimate of drug-likeness (QED) is 0.356. The first kappa shape index (κ1) is 23.7. The van der Waals surface area contributed by atoms with Crippen LogP contribution < -0.4 is 14.4 Å². The molecule has 3 aromatic rings. The van der Waals surface area contributed by atoms with Crippen molar-refractivity contribution in [1.82, 2.24) is 9.97 Å². The van der Waals surface area contributed by atoms with E-state index in [-0.39, 0.29) is 23.6 Å². The molecule has 0 amide bonds. The van der Waals surface area contributed by atoms with Crippen molar-refractivity contribution in [2.75, 3.05) is 30.5 Å². The Hall–Kier alpha value is -3.05. The Kier molecular flexibility index (Phi) is 6.45. The van der Waals surface area contributed by atoms with Gasteiger partial charge >= 0.3 is 6.18 Å². The highest BCUT2D eigenvalue weighted by Gasteiger charge is 2.32. The number of fused-ring (bicyclic) bond motifs is 1. The summed E-state index contributed by atoms with van der Waals surface area (Å²) in [6.45, 7) is 1.48. The van der Waals surface area contributed by atoms with Crippen LogP contribution in [0.3, 0.4) is 0 Å². The van der Waals surface area contributed by atoms with Crippen molar-refractivity contribution in [3.8, 4) is 22.6 Å². The van der Waals surface area contributed by atoms with Crippen LogP contribution in [0.2, 0.25) is 0 Å². The van der Waals surface area contributed by atoms with Crippen LogP contribution in [0.25, 0.3) is 11.1 Å². The molecule has 184 valence electrons. The van der Waals surface area contributed by atoms with Gasteiger partial charge in [-0.1, -0.05) is 6.07 Å². The number of rotatable bonds is 5. The summed E-state index contributed by atoms with van der Waals surface area (Å²) in [5, 5.41) is 0. The van der Waals surface area contributed by atoms with Gasteiger partial charge in [0.1, 0.15) is 0 Å². The lowest BCUT2D eigenvalue weighted by atomic mass is 9.98. The van der Waals surface area contributed by atoms with Gasteiger partial charge < -0.3 is 18.9 Å². The highest BCUT2D eigenvalue weighted by atomic mass is 32.2. The molecule has 1 aromatic heterocycles. The first-order valence-corrected chi connectivity index (χ1v) is 12.3. The number of benzene rings is 2. The van der Waals surface area contributed by atoms with Crippen molar-refractivity contribution in [2.45, 2.75) is 23.9 Å². The fraction of sp³-hybridized carbons (Fsp3) is 0.333. The Labute approximate surface area is 202 Å². The molecule has 11 heteroatoms. The number of anilines is 1. The third-order valence-electron chi connectivity index (χ3n) is 6.11. The Bertz CT molecular complexity index is 1200. The van der Waals surface area contributed by atoms with E-state index < -0.39 is 28.7 Å². The molecule has 0 saturated carbocycles. The predicted octanol–water partition coefficient (Wildman–Crippen LogP) is 5.05. The molecule has 3 heterocycles. The van der Waals surface area contributed by atoms with Crippen LogP contribution in [0.1, 0.15) is 18.4 Å². The number of piperidine rings is 1. The number of hydrogen-bond acceptors (Lipinski definition) is 6. The van der Waals surface area contributed by atoms with Gasteiger partial charge in [0.05, 0.1) is 12.2 Å². The number of aromatic nitrogens is 2. The minimum absolute atomic E-state index is 0.135. The predicted molar refractivity (Wildman–Crippen MR) is 121 cm³/mol. The normalized spacial score (nSPS) is 18.3. The van der Waals surface area contributed by atoms with E-state index in [9.17, 15) is 22.1 Å². The van der Waals surface area contributed by atoms with Gasteiger partial charge in [-0.2, -0.15) is 13.2 Å². The maximum Gasteiger partial charge on any atom is 0.419 e. The minimum atomic E-state index is -4.46. The van der Waals surface area contributed by atoms with Gasteiger partial charge in [-0.3, -0.25) is 0 Å². The molecule has 0 spiro atoms. The molecule has 0 N–H and O–H groups in total. The molecular formula is C24H21F4N3O3S. The summed E-state index contributed by atoms with van der Waals surface area (Å²) in [7, 11) is 0. The molecule has 2 aromatic carbocycles. The summed E-state index contributed by atoms with van der Waals surface area (Å²) < 4.78 is 75.7. The third-order valence-corrected chi connectivity index (χ3v) is 7.27. The molecular weight excluding hydrogens is 486 g/mol. The van der Waals surface area contributed by atoms with E-state index in [0.717, 1.165) is 30.8 Å². The first-order chi connectivity index (χ1) is 16.8. The van der Waals surface area contributed by atoms with Crippen LogP contribution >= 0.6 is 0 Å². The van der Waals surface area contributed by atoms with Crippen LogP contribution in [0.5, 0.6) is 11.5 Å². The topological polar surface area (TPSA) is 70.5 Å². The molecule has 6 nitrogen and oxygen atoms in total. The number of nitrogens with zero attached hydrogens (tertiary/aromatic N) is 3. The second-order valence-electron chi connectivity index (χ2n) is 8.43. The lowest BCUT2D eigenvalue weighted by molar-refractivity contribution is -0.138. The van der Waals surface area contributed by atoms with Crippen molar-refractivity contribution < 1.29 is 31.6 Å². The van der Waals surface area contributed by atoms with E-state index in [1.807, 2.05) is 4.90 Å². The number of hydrogen-bond donors (Lipinski definition) is 0. The summed E-state index contributed by atoms with van der Waals surface area (Å²) in [6, 6.07) is 10.0. The number of halogens is 4. The van der Waals surface area contributed by atoms with E-state index in [1.165, 1.54) is 6.07 Å². The van der Waals surface area contributed by atoms with Crippen LogP contribution in [0, 0.1) is 11.7 Å². The second kappa shape index (κ2) is 9.54. The lowest BCUT2D eigenvalue weighted by Crippen LogP contribution is -2.36. The molecule has 5 rings (SSSR count). The maximum absolute atomic E-state index is 14.7. The highest BCUT2D eigenvalue weighted by Crippen LogP contribution is 2.36. The molecule has 0 radical (unpaired) electrons. The van der Waals surface area contributed by atoms with Crippen molar-refractivity contribution >= 4 is 17.1 Å². The largest absolute Gasteiger partial charge is 0.609 e. The average molecular weight is 508 g/mol. The molecule has 1 fully saturated rings. The Balaban J connectivity index is 1.15. The van der Waals surface area contributed by atoms with Crippen molar-refractivity contribution in [1.29, 1.82) is 0 Å². The van der Waals surface area contributed by atoms with Crippen molar-refractivity contribution in [2.24, 2.45) is 5.92 Å². The van der Waals surface area contributed by atoms with Crippen LogP contribution in [0.4, 0.5) is 23.5 Å². The Morgan fingerprint density at radius 2 is 1.74 bits per heavy atom. The van der Waals surface area contributed by atoms with Gasteiger partial charge in [-0.15, -0.1) is 0 Å². The second-order valence-corrected chi connectivity index (χ2v) is 9.79. The minimum Gasteiger partial charge on any atom is -0.609 e. The van der Waals surface area contributed by atoms with Gasteiger partial charge in [0.25, 0.3) is 5.94 Å². The molecule has 2 aliphatic rings. The smallest absolute Gasteiger partial charge is 0.419 e. The van der Waals surface area contributed by atoms with Crippen LogP contribution in [-0.2, 0) is 17.4 Å². The highest BCUT2D eigenvalue weighted by molar-refractivity contribution is 7.91. The standard InChI is InChI=1S/C24H21F4N3O3S/c25-19-9-16(17-2-4-22-21(10-17)34-14-35(22)32)1-3-20(19)33-13-15-5-7-31(8-6-15)23-29-11-18(12-30-23)24(26,27)28/h1-4,9-12,15H,5-8,13-14H2. The van der Waals surface area contributed by atoms with Gasteiger partial charge in [-0.05, 0) is 60.2 Å². The van der Waals surface area contributed by atoms with Gasteiger partial charge in [0.15, 0.2) is 22.2 Å². The van der Waals surface area contributed by atoms with Crippen LogP contribution in [0.15, 0.2) is 53.7 Å². The lowest BCUT2D eigenvalue weighted by Gasteiger charge is -2.31. The van der Waals surface area contributed by atoms with E-state index in [2.05, 4.69) is 9.97 Å². The van der Waals surface area contributed by atoms with Crippen molar-refractivity contribution in [3.05, 3.63) is 60.2 Å². The van der Waals surface area contributed by atoms with Gasteiger partial charge in [-0.25, -0.2) is 14.4 Å². The zero-order valence-electron chi connectivity index (χ0n) is 18.4. The fourth-order valence-corrected chi connectivity index (χ4v) is 5.03. The zero-order valence-corrected chi connectivity index (χ0v) is 19.2. The Morgan fingerprint density at radius 3 is 2.43 bits per heavy atom. The summed E-state index contributed by atoms with van der Waals surface area (Å²) in [5.74, 6) is 0.797. The van der Waals surface area contributed by atoms with E-state index >= 15 is 0 Å². The fourth-order valence-electron chi connectivity index (χ4n) is 4.10. The maximum atomic E-state index is 14.7. The van der Waals surface area contributed by atoms with E-state index in [0.29, 0.717) is 35.9 Å². The van der Waals surface area contributed by atoms with Crippen LogP contribution in [-0.4, -0.2) is 40.2 Å². The third kappa shape index (κ3) is 5.15. The summed E-state index contributed by atoms with van der Waals surface area (Å²) >= 11 is -1.16. The molecule has 0 aliphatic carbocycles. The summed E-state index contributed by atoms with van der Waals surface area (Å²) in [5.41, 5.74) is 0.535. The number of ether oxygens (including phenoxy) is 2. The summed E-state index contributed by atoms with van der Waals surface area (Å²) in [6.07, 6.45) is -1.43. The van der Waals surface area contributed by atoms with E-state index in [1.54, 1.807) is 30.3 Å². The average Bonchev–Trinajstić information content (AvgIpc) is 3.23. The first-order valence-electron chi connectivity index (χ1n) is 11.0. The van der Waals surface area contributed by atoms with Gasteiger partial charge in [0, 0.05) is 36.7 Å². The molecule has 35 heavy (non-hydrogen) atoms. The molecule has 1 saturated heterocycles. The number of alkyl halides is 3. The Morgan fingerprint density at radius 1 is 1.06 bits per heavy atom. The molecule has 1 atom stereocenters. The SMILES string of the molecule is [O-][S+]1COc2cc(-c3ccc(OCC4CCN(c5ncc(C(F)(F)F)cn5)CC4)c(F)c3)ccc21. The van der Waals surface area contributed by atoms with E-state index in [4.69, 9.17) is 9.47 Å². The summed E-state index contributed by atoms with van der Waals surface area (Å²) in [4.78, 5) is 10.2.